The Morgan fingerprint density at radius 2 is 1.43 bits per heavy atom. The van der Waals surface area contributed by atoms with E-state index in [0.717, 1.165) is 55.0 Å². The largest absolute Gasteiger partial charge is 0.333 e. The van der Waals surface area contributed by atoms with Gasteiger partial charge in [-0.3, -0.25) is 4.98 Å². The second-order valence-corrected chi connectivity index (χ2v) is 25.0. The SMILES string of the molecule is Cc1ccc2c(n1)sc1c(-c3nc4ccccc4n3-c3c(C(C)C)cc(-c4ccccc4)cc3C(C)C)[c-]ccc12.[2H]C([2H])(c1cc(-c2[c-]cccc2)ncc1[Si](C)(C)C)C(C)(C)C.[Ir]. The average Bonchev–Trinajstić information content (AvgIpc) is 3.84. The van der Waals surface area contributed by atoms with Crippen LogP contribution in [0.5, 0.6) is 0 Å². The fourth-order valence-electron chi connectivity index (χ4n) is 8.18. The molecule has 0 bridgehead atoms. The monoisotopic (exact) mass is 1040 g/mol. The van der Waals surface area contributed by atoms with Gasteiger partial charge in [0.05, 0.1) is 24.9 Å². The van der Waals surface area contributed by atoms with Gasteiger partial charge in [0.1, 0.15) is 4.83 Å². The molecule has 0 aliphatic rings. The van der Waals surface area contributed by atoms with Gasteiger partial charge in [-0.2, -0.15) is 11.3 Å². The van der Waals surface area contributed by atoms with Crippen LogP contribution in [-0.2, 0) is 26.5 Å². The zero-order valence-corrected chi connectivity index (χ0v) is 42.5. The number of rotatable bonds is 8. The van der Waals surface area contributed by atoms with Gasteiger partial charge in [0.25, 0.3) is 0 Å². The quantitative estimate of drug-likeness (QED) is 0.113. The van der Waals surface area contributed by atoms with E-state index in [1.54, 1.807) is 11.3 Å². The van der Waals surface area contributed by atoms with Crippen molar-refractivity contribution in [3.63, 3.8) is 0 Å². The fourth-order valence-corrected chi connectivity index (χ4v) is 10.8. The van der Waals surface area contributed by atoms with Crippen molar-refractivity contribution in [3.05, 3.63) is 162 Å². The third kappa shape index (κ3) is 9.73. The first-order valence-electron chi connectivity index (χ1n) is 22.7. The minimum absolute atomic E-state index is 0. The van der Waals surface area contributed by atoms with E-state index in [-0.39, 0.29) is 20.1 Å². The van der Waals surface area contributed by atoms with Gasteiger partial charge in [-0.15, -0.1) is 54.1 Å². The van der Waals surface area contributed by atoms with Crippen molar-refractivity contribution in [2.75, 3.05) is 0 Å². The van der Waals surface area contributed by atoms with Crippen LogP contribution in [0.3, 0.4) is 0 Å². The van der Waals surface area contributed by atoms with Gasteiger partial charge in [0.2, 0.25) is 0 Å². The van der Waals surface area contributed by atoms with Gasteiger partial charge < -0.3 is 9.55 Å². The van der Waals surface area contributed by atoms with Gasteiger partial charge in [-0.25, -0.2) is 4.98 Å². The maximum atomic E-state index is 8.75. The Balaban J connectivity index is 0.000000225. The van der Waals surface area contributed by atoms with E-state index >= 15 is 0 Å². The maximum absolute atomic E-state index is 8.75. The molecule has 1 radical (unpaired) electrons. The summed E-state index contributed by atoms with van der Waals surface area (Å²) in [6.45, 7) is 23.8. The number of hydrogen-bond donors (Lipinski definition) is 0. The summed E-state index contributed by atoms with van der Waals surface area (Å²) in [5.74, 6) is 1.56. The van der Waals surface area contributed by atoms with Gasteiger partial charge >= 0.3 is 0 Å². The fraction of sp³-hybridized carbons (Fsp3) is 0.268. The van der Waals surface area contributed by atoms with Crippen LogP contribution >= 0.6 is 11.3 Å². The van der Waals surface area contributed by atoms with Crippen LogP contribution in [0.2, 0.25) is 19.6 Å². The van der Waals surface area contributed by atoms with Crippen molar-refractivity contribution in [2.24, 2.45) is 5.41 Å². The molecular weight excluding hydrogens is 981 g/mol. The summed E-state index contributed by atoms with van der Waals surface area (Å²) in [7, 11) is -1.70. The van der Waals surface area contributed by atoms with Crippen LogP contribution in [0.15, 0.2) is 128 Å². The van der Waals surface area contributed by atoms with Gasteiger partial charge in [-0.1, -0.05) is 139 Å². The molecule has 0 fully saturated rings. The van der Waals surface area contributed by atoms with Crippen LogP contribution in [0.1, 0.15) is 85.4 Å². The van der Waals surface area contributed by atoms with E-state index in [4.69, 9.17) is 12.7 Å². The van der Waals surface area contributed by atoms with E-state index in [1.807, 2.05) is 63.4 Å². The topological polar surface area (TPSA) is 43.6 Å². The van der Waals surface area contributed by atoms with Crippen LogP contribution in [0.4, 0.5) is 0 Å². The maximum Gasteiger partial charge on any atom is 0.113 e. The van der Waals surface area contributed by atoms with E-state index in [0.29, 0.717) is 11.8 Å². The van der Waals surface area contributed by atoms with E-state index < -0.39 is 19.9 Å². The molecule has 0 N–H and O–H groups in total. The van der Waals surface area contributed by atoms with Gasteiger partial charge in [-0.05, 0) is 104 Å². The Morgan fingerprint density at radius 3 is 2.08 bits per heavy atom. The van der Waals surface area contributed by atoms with Gasteiger partial charge in [0.15, 0.2) is 0 Å². The molecule has 0 saturated heterocycles. The molecule has 4 nitrogen and oxygen atoms in total. The molecule has 7 heteroatoms. The standard InChI is InChI=1S/C37H32N3S.C19H26NSi.Ir/c1-22(2)30-20-26(25-12-7-6-8-13-25)21-31(23(3)4)34(30)40-33-17-10-9-16-32(33)39-36(40)29-15-11-14-27-28-19-18-24(5)38-37(28)41-35(27)29;1-19(2,3)13-16-12-17(15-10-8-7-9-11-15)20-14-18(16)21(4,5)6;/h6-14,16-23H,1-5H3;7-10,12,14H,13H2,1-6H3;/q2*-1;/i;13D2;. The number of fused-ring (bicyclic) bond motifs is 4. The minimum Gasteiger partial charge on any atom is -0.333 e. The molecular formula is C56H58IrN4SSi-2. The number of hydrogen-bond acceptors (Lipinski definition) is 4. The number of thiophene rings is 1. The van der Waals surface area contributed by atoms with Crippen molar-refractivity contribution in [2.45, 2.75) is 93.2 Å². The summed E-state index contributed by atoms with van der Waals surface area (Å²) < 4.78 is 21.1. The first-order valence-corrected chi connectivity index (χ1v) is 26.1. The Hall–Kier alpha value is -5.04. The number of aryl methyl sites for hydroxylation is 1. The zero-order valence-electron chi connectivity index (χ0n) is 40.3. The van der Waals surface area contributed by atoms with Crippen molar-refractivity contribution in [1.29, 1.82) is 0 Å². The molecule has 5 aromatic carbocycles. The number of benzene rings is 5. The number of aromatic nitrogens is 4. The third-order valence-electron chi connectivity index (χ3n) is 11.2. The number of pyridine rings is 2. The zero-order chi connectivity index (χ0) is 45.7. The third-order valence-corrected chi connectivity index (χ3v) is 14.3. The van der Waals surface area contributed by atoms with E-state index in [9.17, 15) is 0 Å². The normalized spacial score (nSPS) is 12.7. The predicted molar refractivity (Wildman–Crippen MR) is 269 cm³/mol. The van der Waals surface area contributed by atoms with Crippen LogP contribution in [0.25, 0.3) is 70.8 Å². The second kappa shape index (κ2) is 18.6. The molecule has 0 saturated carbocycles. The first kappa shape index (κ1) is 43.2. The second-order valence-electron chi connectivity index (χ2n) is 19.0. The molecule has 9 rings (SSSR count). The minimum atomic E-state index is -1.70. The molecule has 4 aromatic heterocycles. The Bertz CT molecular complexity index is 3100. The molecule has 323 valence electrons. The molecule has 4 heterocycles. The van der Waals surface area contributed by atoms with Crippen LogP contribution in [0, 0.1) is 24.5 Å². The van der Waals surface area contributed by atoms with Crippen molar-refractivity contribution in [1.82, 2.24) is 19.5 Å². The Kier molecular flexibility index (Phi) is 12.7. The molecule has 0 aliphatic carbocycles. The molecule has 0 spiro atoms. The summed E-state index contributed by atoms with van der Waals surface area (Å²) in [6, 6.07) is 48.9. The summed E-state index contributed by atoms with van der Waals surface area (Å²) in [5, 5.41) is 3.49. The Labute approximate surface area is 396 Å². The number of imidazole rings is 1. The summed E-state index contributed by atoms with van der Waals surface area (Å²) in [4.78, 5) is 15.8. The van der Waals surface area contributed by atoms with Gasteiger partial charge in [0, 0.05) is 40.4 Å². The smallest absolute Gasteiger partial charge is 0.113 e. The van der Waals surface area contributed by atoms with E-state index in [2.05, 4.69) is 161 Å². The first-order chi connectivity index (χ1) is 30.3. The Morgan fingerprint density at radius 1 is 0.746 bits per heavy atom. The molecule has 0 unspecified atom stereocenters. The molecule has 9 aromatic rings. The van der Waals surface area contributed by atoms with E-state index in [1.165, 1.54) is 43.4 Å². The van der Waals surface area contributed by atoms with Crippen LogP contribution < -0.4 is 5.19 Å². The summed E-state index contributed by atoms with van der Waals surface area (Å²) >= 11 is 1.74. The summed E-state index contributed by atoms with van der Waals surface area (Å²) in [5.41, 5.74) is 12.5. The number of nitrogens with zero attached hydrogens (tertiary/aromatic N) is 4. The predicted octanol–water partition coefficient (Wildman–Crippen LogP) is 15.2. The average molecular weight is 1040 g/mol. The van der Waals surface area contributed by atoms with Crippen LogP contribution in [-0.4, -0.2) is 27.6 Å². The number of para-hydroxylation sites is 2. The van der Waals surface area contributed by atoms with Crippen molar-refractivity contribution >= 4 is 55.9 Å². The van der Waals surface area contributed by atoms with Crippen molar-refractivity contribution < 1.29 is 22.8 Å². The summed E-state index contributed by atoms with van der Waals surface area (Å²) in [6.07, 6.45) is 0.469. The molecule has 0 atom stereocenters. The van der Waals surface area contributed by atoms with Crippen molar-refractivity contribution in [3.8, 4) is 39.5 Å². The molecule has 0 amide bonds. The molecule has 0 aliphatic heterocycles. The molecule has 63 heavy (non-hydrogen) atoms.